The van der Waals surface area contributed by atoms with Crippen LogP contribution >= 0.6 is 11.3 Å². The highest BCUT2D eigenvalue weighted by Crippen LogP contribution is 2.36. The smallest absolute Gasteiger partial charge is 0.244 e. The van der Waals surface area contributed by atoms with Crippen LogP contribution in [0.3, 0.4) is 0 Å². The Bertz CT molecular complexity index is 753. The van der Waals surface area contributed by atoms with E-state index in [1.807, 2.05) is 13.8 Å². The Kier molecular flexibility index (Phi) is 4.86. The van der Waals surface area contributed by atoms with Gasteiger partial charge in [0.25, 0.3) is 0 Å². The van der Waals surface area contributed by atoms with Crippen LogP contribution in [0.1, 0.15) is 24.6 Å². The first-order valence-corrected chi connectivity index (χ1v) is 9.90. The van der Waals surface area contributed by atoms with Crippen molar-refractivity contribution in [1.82, 2.24) is 9.46 Å². The molecule has 6 nitrogen and oxygen atoms in total. The lowest BCUT2D eigenvalue weighted by Crippen LogP contribution is -2.38. The van der Waals surface area contributed by atoms with Crippen molar-refractivity contribution in [2.75, 3.05) is 19.8 Å². The minimum absolute atomic E-state index is 0.0759. The zero-order chi connectivity index (χ0) is 16.4. The molecule has 23 heavy (non-hydrogen) atoms. The van der Waals surface area contributed by atoms with Crippen molar-refractivity contribution >= 4 is 21.4 Å². The molecule has 3 rings (SSSR count). The van der Waals surface area contributed by atoms with Gasteiger partial charge in [0, 0.05) is 30.1 Å². The molecular formula is C15H20N2O4S2. The maximum Gasteiger partial charge on any atom is 0.244 e. The van der Waals surface area contributed by atoms with E-state index in [0.29, 0.717) is 30.4 Å². The molecule has 2 aromatic heterocycles. The van der Waals surface area contributed by atoms with Crippen molar-refractivity contribution in [3.63, 3.8) is 0 Å². The third-order valence-electron chi connectivity index (χ3n) is 3.98. The fourth-order valence-electron chi connectivity index (χ4n) is 2.86. The molecule has 0 N–H and O–H groups in total. The van der Waals surface area contributed by atoms with Gasteiger partial charge in [0.2, 0.25) is 10.0 Å². The first-order valence-electron chi connectivity index (χ1n) is 7.65. The van der Waals surface area contributed by atoms with Crippen molar-refractivity contribution in [3.8, 4) is 10.6 Å². The average molecular weight is 356 g/mol. The quantitative estimate of drug-likeness (QED) is 0.796. The van der Waals surface area contributed by atoms with E-state index in [0.717, 1.165) is 22.6 Å². The predicted octanol–water partition coefficient (Wildman–Crippen LogP) is 2.90. The van der Waals surface area contributed by atoms with Gasteiger partial charge in [-0.05, 0) is 32.8 Å². The Morgan fingerprint density at radius 2 is 2.35 bits per heavy atom. The van der Waals surface area contributed by atoms with Crippen molar-refractivity contribution in [2.24, 2.45) is 0 Å². The van der Waals surface area contributed by atoms with Gasteiger partial charge in [-0.1, -0.05) is 5.16 Å². The number of rotatable bonds is 6. The summed E-state index contributed by atoms with van der Waals surface area (Å²) in [6.07, 6.45) is 3.27. The van der Waals surface area contributed by atoms with Gasteiger partial charge in [0.15, 0.2) is 5.76 Å². The molecule has 0 saturated carbocycles. The van der Waals surface area contributed by atoms with Gasteiger partial charge >= 0.3 is 0 Å². The van der Waals surface area contributed by atoms with Crippen molar-refractivity contribution in [1.29, 1.82) is 0 Å². The first kappa shape index (κ1) is 16.6. The van der Waals surface area contributed by atoms with Crippen LogP contribution in [0.2, 0.25) is 0 Å². The van der Waals surface area contributed by atoms with Crippen LogP contribution in [0.15, 0.2) is 27.7 Å². The lowest BCUT2D eigenvalue weighted by molar-refractivity contribution is 0.109. The summed E-state index contributed by atoms with van der Waals surface area (Å²) >= 11 is 1.41. The van der Waals surface area contributed by atoms with Crippen LogP contribution in [-0.4, -0.2) is 43.7 Å². The highest BCUT2D eigenvalue weighted by atomic mass is 32.2. The summed E-state index contributed by atoms with van der Waals surface area (Å²) in [5, 5.41) is 3.68. The molecule has 0 radical (unpaired) electrons. The Labute approximate surface area is 140 Å². The molecule has 3 heterocycles. The molecule has 1 aliphatic heterocycles. The number of sulfonamides is 1. The van der Waals surface area contributed by atoms with E-state index in [1.54, 1.807) is 22.6 Å². The number of hydrogen-bond donors (Lipinski definition) is 0. The second-order valence-electron chi connectivity index (χ2n) is 5.48. The van der Waals surface area contributed by atoms with E-state index in [2.05, 4.69) is 5.16 Å². The zero-order valence-electron chi connectivity index (χ0n) is 13.2. The number of hydrogen-bond acceptors (Lipinski definition) is 6. The van der Waals surface area contributed by atoms with Gasteiger partial charge in [-0.3, -0.25) is 0 Å². The number of aryl methyl sites for hydroxylation is 1. The number of nitrogens with zero attached hydrogens (tertiary/aromatic N) is 2. The van der Waals surface area contributed by atoms with Crippen LogP contribution in [-0.2, 0) is 14.8 Å². The largest absolute Gasteiger partial charge is 0.380 e. The zero-order valence-corrected chi connectivity index (χ0v) is 14.8. The maximum atomic E-state index is 13.0. The summed E-state index contributed by atoms with van der Waals surface area (Å²) in [6, 6.07) is 3.34. The molecule has 1 aliphatic rings. The Morgan fingerprint density at radius 1 is 1.52 bits per heavy atom. The third kappa shape index (κ3) is 3.21. The van der Waals surface area contributed by atoms with E-state index in [4.69, 9.17) is 9.26 Å². The monoisotopic (exact) mass is 356 g/mol. The first-order chi connectivity index (χ1) is 11.0. The van der Waals surface area contributed by atoms with E-state index < -0.39 is 10.0 Å². The summed E-state index contributed by atoms with van der Waals surface area (Å²) in [5.41, 5.74) is 0. The molecule has 1 saturated heterocycles. The third-order valence-corrected chi connectivity index (χ3v) is 7.25. The summed E-state index contributed by atoms with van der Waals surface area (Å²) in [4.78, 5) is 1.90. The molecule has 1 fully saturated rings. The van der Waals surface area contributed by atoms with Crippen molar-refractivity contribution in [3.05, 3.63) is 23.2 Å². The molecule has 1 unspecified atom stereocenters. The molecule has 0 spiro atoms. The maximum absolute atomic E-state index is 13.0. The SMILES string of the molecule is CCOCC1CCCN1S(=O)(=O)c1cc(-c2ccno2)sc1C. The molecule has 8 heteroatoms. The van der Waals surface area contributed by atoms with Crippen LogP contribution in [0.5, 0.6) is 0 Å². The van der Waals surface area contributed by atoms with Gasteiger partial charge in [-0.15, -0.1) is 11.3 Å². The molecular weight excluding hydrogens is 336 g/mol. The molecule has 0 bridgehead atoms. The van der Waals surface area contributed by atoms with Crippen LogP contribution in [0, 0.1) is 6.92 Å². The summed E-state index contributed by atoms with van der Waals surface area (Å²) in [5.74, 6) is 0.590. The highest BCUT2D eigenvalue weighted by Gasteiger charge is 2.37. The standard InChI is InChI=1S/C15H20N2O4S2/c1-3-20-10-12-5-4-8-17(12)23(18,19)15-9-14(22-11(15)2)13-6-7-16-21-13/h6-7,9,12H,3-5,8,10H2,1-2H3. The Morgan fingerprint density at radius 3 is 3.04 bits per heavy atom. The fraction of sp³-hybridized carbons (Fsp3) is 0.533. The highest BCUT2D eigenvalue weighted by molar-refractivity contribution is 7.89. The average Bonchev–Trinajstić information content (AvgIpc) is 3.24. The van der Waals surface area contributed by atoms with Crippen molar-refractivity contribution < 1.29 is 17.7 Å². The van der Waals surface area contributed by atoms with E-state index >= 15 is 0 Å². The van der Waals surface area contributed by atoms with E-state index in [9.17, 15) is 8.42 Å². The Balaban J connectivity index is 1.90. The molecule has 0 aromatic carbocycles. The number of thiophene rings is 1. The van der Waals surface area contributed by atoms with Crippen molar-refractivity contribution in [2.45, 2.75) is 37.6 Å². The predicted molar refractivity (Wildman–Crippen MR) is 88.0 cm³/mol. The van der Waals surface area contributed by atoms with Crippen LogP contribution < -0.4 is 0 Å². The Hall–Kier alpha value is -1.22. The number of aromatic nitrogens is 1. The minimum Gasteiger partial charge on any atom is -0.380 e. The van der Waals surface area contributed by atoms with E-state index in [-0.39, 0.29) is 6.04 Å². The summed E-state index contributed by atoms with van der Waals surface area (Å²) in [6.45, 7) is 5.34. The molecule has 2 aromatic rings. The second kappa shape index (κ2) is 6.72. The summed E-state index contributed by atoms with van der Waals surface area (Å²) in [7, 11) is -3.52. The van der Waals surface area contributed by atoms with Crippen LogP contribution in [0.4, 0.5) is 0 Å². The molecule has 0 aliphatic carbocycles. The van der Waals surface area contributed by atoms with Gasteiger partial charge in [0.05, 0.1) is 22.6 Å². The van der Waals surface area contributed by atoms with Crippen LogP contribution in [0.25, 0.3) is 10.6 Å². The van der Waals surface area contributed by atoms with Gasteiger partial charge in [-0.25, -0.2) is 8.42 Å². The van der Waals surface area contributed by atoms with Gasteiger partial charge < -0.3 is 9.26 Å². The lowest BCUT2D eigenvalue weighted by atomic mass is 10.2. The second-order valence-corrected chi connectivity index (χ2v) is 8.59. The fourth-order valence-corrected chi connectivity index (χ4v) is 6.06. The van der Waals surface area contributed by atoms with Gasteiger partial charge in [0.1, 0.15) is 0 Å². The lowest BCUT2D eigenvalue weighted by Gasteiger charge is -2.23. The number of ether oxygens (including phenoxy) is 1. The molecule has 0 amide bonds. The minimum atomic E-state index is -3.52. The van der Waals surface area contributed by atoms with Gasteiger partial charge in [-0.2, -0.15) is 4.31 Å². The normalized spacial score (nSPS) is 19.5. The van der Waals surface area contributed by atoms with E-state index in [1.165, 1.54) is 11.3 Å². The topological polar surface area (TPSA) is 72.6 Å². The summed E-state index contributed by atoms with van der Waals surface area (Å²) < 4.78 is 38.2. The molecule has 126 valence electrons. The molecule has 1 atom stereocenters.